The molecule has 0 aliphatic rings. The minimum atomic E-state index is -0.258. The van der Waals surface area contributed by atoms with E-state index in [1.807, 2.05) is 36.4 Å². The number of hydrogen-bond donors (Lipinski definition) is 0. The van der Waals surface area contributed by atoms with Gasteiger partial charge in [-0.1, -0.05) is 30.3 Å². The number of benzene rings is 1. The molecule has 0 spiro atoms. The average Bonchev–Trinajstić information content (AvgIpc) is 2.15. The number of Topliss-reactive ketones (excluding diaryl/α,β-unsaturated/α-hetero) is 1. The van der Waals surface area contributed by atoms with E-state index in [1.165, 1.54) is 6.92 Å². The number of hydrogen-bond acceptors (Lipinski definition) is 2. The first-order chi connectivity index (χ1) is 6.25. The van der Waals surface area contributed by atoms with Gasteiger partial charge in [-0.05, 0) is 12.5 Å². The Morgan fingerprint density at radius 1 is 1.46 bits per heavy atom. The summed E-state index contributed by atoms with van der Waals surface area (Å²) in [5.74, 6) is -0.209. The van der Waals surface area contributed by atoms with Crippen molar-refractivity contribution >= 4 is 5.78 Å². The van der Waals surface area contributed by atoms with Crippen LogP contribution in [0.25, 0.3) is 0 Å². The van der Waals surface area contributed by atoms with Crippen LogP contribution in [-0.2, 0) is 4.79 Å². The monoisotopic (exact) mass is 173 g/mol. The molecular formula is C11H11NO. The topological polar surface area (TPSA) is 40.9 Å². The SMILES string of the molecule is CC(=O)[C@@H](CC#N)c1ccccc1. The number of carbonyl (C=O) groups is 1. The summed E-state index contributed by atoms with van der Waals surface area (Å²) in [6.45, 7) is 1.52. The van der Waals surface area contributed by atoms with Crippen molar-refractivity contribution in [2.75, 3.05) is 0 Å². The predicted octanol–water partition coefficient (Wildman–Crippen LogP) is 2.27. The molecule has 0 aliphatic carbocycles. The first-order valence-corrected chi connectivity index (χ1v) is 4.18. The molecule has 0 fully saturated rings. The molecule has 13 heavy (non-hydrogen) atoms. The lowest BCUT2D eigenvalue weighted by Gasteiger charge is -2.09. The molecule has 0 amide bonds. The van der Waals surface area contributed by atoms with Crippen LogP contribution in [0.3, 0.4) is 0 Å². The maximum absolute atomic E-state index is 11.2. The van der Waals surface area contributed by atoms with Crippen LogP contribution in [0.2, 0.25) is 0 Å². The van der Waals surface area contributed by atoms with Gasteiger partial charge in [0.2, 0.25) is 0 Å². The Bertz CT molecular complexity index is 324. The number of carbonyl (C=O) groups excluding carboxylic acids is 1. The number of nitriles is 1. The summed E-state index contributed by atoms with van der Waals surface area (Å²) in [4.78, 5) is 11.2. The van der Waals surface area contributed by atoms with Crippen LogP contribution in [0.15, 0.2) is 30.3 Å². The Kier molecular flexibility index (Phi) is 3.22. The van der Waals surface area contributed by atoms with Crippen molar-refractivity contribution in [1.82, 2.24) is 0 Å². The van der Waals surface area contributed by atoms with Crippen LogP contribution < -0.4 is 0 Å². The van der Waals surface area contributed by atoms with Crippen molar-refractivity contribution in [2.24, 2.45) is 0 Å². The van der Waals surface area contributed by atoms with E-state index < -0.39 is 0 Å². The van der Waals surface area contributed by atoms with Crippen molar-refractivity contribution in [3.05, 3.63) is 35.9 Å². The second-order valence-corrected chi connectivity index (χ2v) is 2.94. The summed E-state index contributed by atoms with van der Waals surface area (Å²) in [6, 6.07) is 11.4. The lowest BCUT2D eigenvalue weighted by atomic mass is 9.93. The highest BCUT2D eigenvalue weighted by Crippen LogP contribution is 2.19. The molecule has 0 N–H and O–H groups in total. The molecule has 0 saturated heterocycles. The van der Waals surface area contributed by atoms with Gasteiger partial charge in [0.05, 0.1) is 12.0 Å². The summed E-state index contributed by atoms with van der Waals surface area (Å²) < 4.78 is 0. The second-order valence-electron chi connectivity index (χ2n) is 2.94. The molecule has 2 nitrogen and oxygen atoms in total. The van der Waals surface area contributed by atoms with Gasteiger partial charge < -0.3 is 0 Å². The van der Waals surface area contributed by atoms with Gasteiger partial charge in [0.15, 0.2) is 0 Å². The molecule has 0 aromatic heterocycles. The quantitative estimate of drug-likeness (QED) is 0.703. The van der Waals surface area contributed by atoms with E-state index in [0.29, 0.717) is 0 Å². The molecule has 0 heterocycles. The standard InChI is InChI=1S/C11H11NO/c1-9(13)11(7-8-12)10-5-3-2-4-6-10/h2-6,11H,7H2,1H3/t11-/m1/s1. The highest BCUT2D eigenvalue weighted by molar-refractivity contribution is 5.83. The Balaban J connectivity index is 2.90. The molecule has 0 saturated carbocycles. The Hall–Kier alpha value is -1.62. The first-order valence-electron chi connectivity index (χ1n) is 4.18. The van der Waals surface area contributed by atoms with Gasteiger partial charge in [0.1, 0.15) is 5.78 Å². The van der Waals surface area contributed by atoms with Crippen molar-refractivity contribution in [1.29, 1.82) is 5.26 Å². The molecule has 1 rings (SSSR count). The van der Waals surface area contributed by atoms with Gasteiger partial charge in [0, 0.05) is 6.42 Å². The van der Waals surface area contributed by atoms with Gasteiger partial charge in [-0.2, -0.15) is 5.26 Å². The van der Waals surface area contributed by atoms with Gasteiger partial charge in [-0.15, -0.1) is 0 Å². The number of nitrogens with zero attached hydrogens (tertiary/aromatic N) is 1. The molecule has 66 valence electrons. The fraction of sp³-hybridized carbons (Fsp3) is 0.273. The van der Waals surface area contributed by atoms with Crippen LogP contribution in [0.4, 0.5) is 0 Å². The van der Waals surface area contributed by atoms with Gasteiger partial charge in [-0.25, -0.2) is 0 Å². The van der Waals surface area contributed by atoms with Crippen molar-refractivity contribution < 1.29 is 4.79 Å². The molecule has 0 unspecified atom stereocenters. The molecule has 0 radical (unpaired) electrons. The minimum Gasteiger partial charge on any atom is -0.299 e. The van der Waals surface area contributed by atoms with Crippen LogP contribution in [0.5, 0.6) is 0 Å². The largest absolute Gasteiger partial charge is 0.299 e. The van der Waals surface area contributed by atoms with Crippen LogP contribution >= 0.6 is 0 Å². The third kappa shape index (κ3) is 2.41. The predicted molar refractivity (Wildman–Crippen MR) is 50.1 cm³/mol. The Morgan fingerprint density at radius 2 is 2.08 bits per heavy atom. The van der Waals surface area contributed by atoms with E-state index in [9.17, 15) is 4.79 Å². The van der Waals surface area contributed by atoms with E-state index in [2.05, 4.69) is 0 Å². The normalized spacial score (nSPS) is 11.7. The summed E-state index contributed by atoms with van der Waals surface area (Å²) >= 11 is 0. The lowest BCUT2D eigenvalue weighted by Crippen LogP contribution is -2.07. The third-order valence-electron chi connectivity index (χ3n) is 1.99. The lowest BCUT2D eigenvalue weighted by molar-refractivity contribution is -0.118. The molecule has 0 aliphatic heterocycles. The minimum absolute atomic E-state index is 0.0488. The van der Waals surface area contributed by atoms with Crippen molar-refractivity contribution in [2.45, 2.75) is 19.3 Å². The van der Waals surface area contributed by atoms with E-state index in [4.69, 9.17) is 5.26 Å². The molecule has 1 aromatic rings. The highest BCUT2D eigenvalue weighted by Gasteiger charge is 2.15. The molecule has 1 aromatic carbocycles. The Labute approximate surface area is 77.8 Å². The second kappa shape index (κ2) is 4.42. The first kappa shape index (κ1) is 9.47. The van der Waals surface area contributed by atoms with Crippen LogP contribution in [0, 0.1) is 11.3 Å². The van der Waals surface area contributed by atoms with Crippen LogP contribution in [0.1, 0.15) is 24.8 Å². The fourth-order valence-corrected chi connectivity index (χ4v) is 1.27. The zero-order chi connectivity index (χ0) is 9.68. The smallest absolute Gasteiger partial charge is 0.138 e. The highest BCUT2D eigenvalue weighted by atomic mass is 16.1. The van der Waals surface area contributed by atoms with E-state index >= 15 is 0 Å². The van der Waals surface area contributed by atoms with Crippen molar-refractivity contribution in [3.63, 3.8) is 0 Å². The van der Waals surface area contributed by atoms with Crippen molar-refractivity contribution in [3.8, 4) is 6.07 Å². The van der Waals surface area contributed by atoms with Gasteiger partial charge >= 0.3 is 0 Å². The van der Waals surface area contributed by atoms with Gasteiger partial charge in [0.25, 0.3) is 0 Å². The van der Waals surface area contributed by atoms with Crippen LogP contribution in [-0.4, -0.2) is 5.78 Å². The summed E-state index contributed by atoms with van der Waals surface area (Å²) in [7, 11) is 0. The van der Waals surface area contributed by atoms with E-state index in [0.717, 1.165) is 5.56 Å². The maximum Gasteiger partial charge on any atom is 0.138 e. The maximum atomic E-state index is 11.2. The summed E-state index contributed by atoms with van der Waals surface area (Å²) in [5.41, 5.74) is 0.927. The molecular weight excluding hydrogens is 162 g/mol. The average molecular weight is 173 g/mol. The van der Waals surface area contributed by atoms with E-state index in [-0.39, 0.29) is 18.1 Å². The van der Waals surface area contributed by atoms with Gasteiger partial charge in [-0.3, -0.25) is 4.79 Å². The van der Waals surface area contributed by atoms with E-state index in [1.54, 1.807) is 0 Å². The number of rotatable bonds is 3. The zero-order valence-corrected chi connectivity index (χ0v) is 7.53. The molecule has 2 heteroatoms. The fourth-order valence-electron chi connectivity index (χ4n) is 1.27. The Morgan fingerprint density at radius 3 is 2.54 bits per heavy atom. The summed E-state index contributed by atoms with van der Waals surface area (Å²) in [5, 5.41) is 8.54. The summed E-state index contributed by atoms with van der Waals surface area (Å²) in [6.07, 6.45) is 0.263. The third-order valence-corrected chi connectivity index (χ3v) is 1.99. The molecule has 1 atom stereocenters. The molecule has 0 bridgehead atoms. The number of ketones is 1. The zero-order valence-electron chi connectivity index (χ0n) is 7.53.